The number of hydrogen-bond donors (Lipinski definition) is 3. The molecular weight excluding hydrogens is 242 g/mol. The number of amides is 2. The van der Waals surface area contributed by atoms with Gasteiger partial charge < -0.3 is 11.2 Å². The summed E-state index contributed by atoms with van der Waals surface area (Å²) in [7, 11) is 0. The van der Waals surface area contributed by atoms with Crippen LogP contribution in [-0.4, -0.2) is 22.9 Å². The van der Waals surface area contributed by atoms with Crippen LogP contribution in [0.15, 0.2) is 23.3 Å². The van der Waals surface area contributed by atoms with E-state index in [1.165, 1.54) is 11.1 Å². The van der Waals surface area contributed by atoms with E-state index in [0.717, 1.165) is 12.1 Å². The van der Waals surface area contributed by atoms with Crippen LogP contribution >= 0.6 is 0 Å². The smallest absolute Gasteiger partial charge is 0.332 e. The summed E-state index contributed by atoms with van der Waals surface area (Å²) < 4.78 is 0. The van der Waals surface area contributed by atoms with Crippen molar-refractivity contribution in [3.05, 3.63) is 34.9 Å². The van der Waals surface area contributed by atoms with Gasteiger partial charge in [0.15, 0.2) is 5.84 Å². The monoisotopic (exact) mass is 261 g/mol. The predicted octanol–water partition coefficient (Wildman–Crippen LogP) is 1.05. The van der Waals surface area contributed by atoms with Crippen LogP contribution in [0.1, 0.15) is 30.5 Å². The van der Waals surface area contributed by atoms with Crippen LogP contribution in [0.4, 0.5) is 4.79 Å². The van der Waals surface area contributed by atoms with Crippen molar-refractivity contribution in [1.82, 2.24) is 15.9 Å². The number of nitrogens with two attached hydrogens (primary N) is 1. The van der Waals surface area contributed by atoms with Crippen LogP contribution in [0.5, 0.6) is 0 Å². The van der Waals surface area contributed by atoms with Crippen LogP contribution in [-0.2, 0) is 6.54 Å². The highest BCUT2D eigenvalue weighted by atomic mass is 16.2. The number of primary amides is 1. The summed E-state index contributed by atoms with van der Waals surface area (Å²) in [6.07, 6.45) is 0. The first-order valence-electron chi connectivity index (χ1n) is 6.24. The minimum atomic E-state index is -0.676. The van der Waals surface area contributed by atoms with Crippen LogP contribution in [0.25, 0.3) is 0 Å². The molecule has 1 heterocycles. The fraction of sp³-hybridized carbons (Fsp3) is 0.385. The van der Waals surface area contributed by atoms with E-state index < -0.39 is 6.03 Å². The molecule has 4 N–H and O–H groups in total. The molecule has 0 saturated carbocycles. The number of benzene rings is 1. The minimum Gasteiger partial charge on any atom is -0.350 e. The largest absolute Gasteiger partial charge is 0.350 e. The molecule has 1 aliphatic heterocycles. The molecule has 102 valence electrons. The first-order valence-corrected chi connectivity index (χ1v) is 6.24. The molecule has 2 rings (SSSR count). The van der Waals surface area contributed by atoms with Crippen LogP contribution in [0.2, 0.25) is 0 Å². The van der Waals surface area contributed by atoms with Gasteiger partial charge in [-0.15, -0.1) is 0 Å². The number of carbonyl (C=O) groups is 1. The second-order valence-electron chi connectivity index (χ2n) is 4.87. The van der Waals surface area contributed by atoms with Gasteiger partial charge in [-0.2, -0.15) is 5.10 Å². The van der Waals surface area contributed by atoms with Crippen molar-refractivity contribution < 1.29 is 4.79 Å². The van der Waals surface area contributed by atoms with Crippen LogP contribution in [0.3, 0.4) is 0 Å². The maximum absolute atomic E-state index is 10.8. The van der Waals surface area contributed by atoms with Crippen molar-refractivity contribution in [2.75, 3.05) is 0 Å². The third kappa shape index (κ3) is 2.85. The Balaban J connectivity index is 2.41. The van der Waals surface area contributed by atoms with E-state index in [2.05, 4.69) is 47.8 Å². The number of amidine groups is 1. The first kappa shape index (κ1) is 13.4. The Morgan fingerprint density at radius 3 is 2.89 bits per heavy atom. The van der Waals surface area contributed by atoms with Gasteiger partial charge in [0, 0.05) is 18.2 Å². The maximum atomic E-state index is 10.8. The van der Waals surface area contributed by atoms with Crippen molar-refractivity contribution in [1.29, 1.82) is 0 Å². The predicted molar refractivity (Wildman–Crippen MR) is 74.2 cm³/mol. The van der Waals surface area contributed by atoms with Gasteiger partial charge >= 0.3 is 6.03 Å². The third-order valence-electron chi connectivity index (χ3n) is 3.14. The number of aryl methyl sites for hydroxylation is 1. The second-order valence-corrected chi connectivity index (χ2v) is 4.87. The molecule has 1 aromatic rings. The van der Waals surface area contributed by atoms with E-state index in [9.17, 15) is 4.79 Å². The summed E-state index contributed by atoms with van der Waals surface area (Å²) >= 11 is 0. The average molecular weight is 261 g/mol. The van der Waals surface area contributed by atoms with Gasteiger partial charge in [0.25, 0.3) is 0 Å². The minimum absolute atomic E-state index is 0.312. The van der Waals surface area contributed by atoms with Gasteiger partial charge in [0.2, 0.25) is 0 Å². The Morgan fingerprint density at radius 2 is 2.26 bits per heavy atom. The molecule has 0 fully saturated rings. The van der Waals surface area contributed by atoms with E-state index >= 15 is 0 Å². The highest BCUT2D eigenvalue weighted by molar-refractivity contribution is 6.01. The Labute approximate surface area is 112 Å². The zero-order valence-electron chi connectivity index (χ0n) is 11.4. The number of hydrazine groups is 1. The van der Waals surface area contributed by atoms with Crippen LogP contribution < -0.4 is 16.6 Å². The summed E-state index contributed by atoms with van der Waals surface area (Å²) in [5, 5.41) is 6.10. The molecule has 6 nitrogen and oxygen atoms in total. The second kappa shape index (κ2) is 5.27. The summed E-state index contributed by atoms with van der Waals surface area (Å²) in [6, 6.07) is 5.66. The first-order chi connectivity index (χ1) is 8.99. The van der Waals surface area contributed by atoms with Gasteiger partial charge in [-0.1, -0.05) is 18.2 Å². The number of nitrogens with zero attached hydrogens (tertiary/aromatic N) is 2. The number of nitrogens with one attached hydrogen (secondary N) is 2. The molecule has 6 heteroatoms. The Bertz CT molecular complexity index is 524. The molecular formula is C13H19N5O. The quantitative estimate of drug-likeness (QED) is 0.696. The van der Waals surface area contributed by atoms with E-state index in [1.54, 1.807) is 0 Å². The zero-order chi connectivity index (χ0) is 14.0. The summed E-state index contributed by atoms with van der Waals surface area (Å²) in [5.74, 6) is 0.609. The molecule has 19 heavy (non-hydrogen) atoms. The summed E-state index contributed by atoms with van der Waals surface area (Å²) in [5.41, 5.74) is 13.9. The maximum Gasteiger partial charge on any atom is 0.332 e. The van der Waals surface area contributed by atoms with Gasteiger partial charge in [-0.3, -0.25) is 0 Å². The summed E-state index contributed by atoms with van der Waals surface area (Å²) in [6.45, 7) is 7.06. The lowest BCUT2D eigenvalue weighted by Gasteiger charge is -2.34. The van der Waals surface area contributed by atoms with Gasteiger partial charge in [-0.05, 0) is 31.9 Å². The highest BCUT2D eigenvalue weighted by Gasteiger charge is 2.23. The Hall–Kier alpha value is -2.08. The number of hydrazone groups is 1. The average Bonchev–Trinajstić information content (AvgIpc) is 2.36. The number of urea groups is 1. The molecule has 1 aliphatic rings. The van der Waals surface area contributed by atoms with Crippen LogP contribution in [0, 0.1) is 6.92 Å². The van der Waals surface area contributed by atoms with Crippen molar-refractivity contribution >= 4 is 11.9 Å². The molecule has 0 unspecified atom stereocenters. The fourth-order valence-corrected chi connectivity index (χ4v) is 2.05. The standard InChI is InChI=1S/C13H19N5O/c1-8(2)18-7-11-9(3)5-4-6-10(11)12(17-18)15-16-13(14)19/h4-6,8H,7H2,1-3H3,(H,15,17)(H3,14,16,19). The van der Waals surface area contributed by atoms with Gasteiger partial charge in [-0.25, -0.2) is 15.2 Å². The van der Waals surface area contributed by atoms with E-state index in [4.69, 9.17) is 5.73 Å². The molecule has 0 radical (unpaired) electrons. The number of rotatable bonds is 2. The Kier molecular flexibility index (Phi) is 3.71. The van der Waals surface area contributed by atoms with Crippen molar-refractivity contribution in [3.63, 3.8) is 0 Å². The molecule has 0 spiro atoms. The molecule has 0 bridgehead atoms. The number of hydrogen-bond acceptors (Lipinski definition) is 3. The number of carbonyl (C=O) groups excluding carboxylic acids is 1. The molecule has 1 aromatic carbocycles. The summed E-state index contributed by atoms with van der Waals surface area (Å²) in [4.78, 5) is 10.8. The fourth-order valence-electron chi connectivity index (χ4n) is 2.05. The molecule has 0 aliphatic carbocycles. The molecule has 0 aromatic heterocycles. The van der Waals surface area contributed by atoms with Crippen molar-refractivity contribution in [3.8, 4) is 0 Å². The van der Waals surface area contributed by atoms with Gasteiger partial charge in [0.1, 0.15) is 0 Å². The lowest BCUT2D eigenvalue weighted by molar-refractivity contribution is 0.168. The SMILES string of the molecule is Cc1cccc2c1CN(C(C)C)N/C2=N/NC(N)=O. The lowest BCUT2D eigenvalue weighted by Crippen LogP contribution is -2.50. The number of fused-ring (bicyclic) bond motifs is 1. The van der Waals surface area contributed by atoms with E-state index in [0.29, 0.717) is 11.9 Å². The Morgan fingerprint density at radius 1 is 1.53 bits per heavy atom. The lowest BCUT2D eigenvalue weighted by atomic mass is 9.99. The molecule has 2 amide bonds. The normalized spacial score (nSPS) is 17.2. The van der Waals surface area contributed by atoms with E-state index in [-0.39, 0.29) is 0 Å². The van der Waals surface area contributed by atoms with E-state index in [1.807, 2.05) is 12.1 Å². The highest BCUT2D eigenvalue weighted by Crippen LogP contribution is 2.21. The van der Waals surface area contributed by atoms with Gasteiger partial charge in [0.05, 0.1) is 0 Å². The topological polar surface area (TPSA) is 82.8 Å². The molecule has 0 atom stereocenters. The molecule has 0 saturated heterocycles. The van der Waals surface area contributed by atoms with Crippen molar-refractivity contribution in [2.24, 2.45) is 10.8 Å². The third-order valence-corrected chi connectivity index (χ3v) is 3.14. The zero-order valence-corrected chi connectivity index (χ0v) is 11.4. The van der Waals surface area contributed by atoms with Crippen molar-refractivity contribution in [2.45, 2.75) is 33.4 Å².